The average Bonchev–Trinajstić information content (AvgIpc) is 2.61. The minimum Gasteiger partial charge on any atom is -1.00 e. The van der Waals surface area contributed by atoms with E-state index in [1.165, 1.54) is 12.8 Å². The van der Waals surface area contributed by atoms with E-state index in [1.54, 1.807) is 0 Å². The van der Waals surface area contributed by atoms with Gasteiger partial charge in [-0.15, -0.1) is 0 Å². The molecule has 3 nitrogen and oxygen atoms in total. The van der Waals surface area contributed by atoms with Crippen molar-refractivity contribution in [3.63, 3.8) is 0 Å². The molecule has 28 heavy (non-hydrogen) atoms. The van der Waals surface area contributed by atoms with E-state index < -0.39 is 5.72 Å². The third-order valence-corrected chi connectivity index (χ3v) is 5.63. The van der Waals surface area contributed by atoms with E-state index in [2.05, 4.69) is 37.9 Å². The second-order valence-electron chi connectivity index (χ2n) is 7.86. The standard InChI is InChI=1S/C22H26N2O.CH3.ClH.Pt/c1-15(2)18-12-11-16(3)14-22(18)24-21(19-9-6-7-13-23-19)17-8-4-5-10-20(17)25-22;;;/h4-10,13,15-16,18H,11-12,14H2,1-3H3;1H3;1H;/q;-1;;+2/p-1/t16-,18+,22-;;;/m0.../s1. The van der Waals surface area contributed by atoms with Crippen LogP contribution in [0.25, 0.3) is 0 Å². The summed E-state index contributed by atoms with van der Waals surface area (Å²) in [6, 6.07) is 14.3. The van der Waals surface area contributed by atoms with E-state index in [-0.39, 0.29) is 40.9 Å². The molecule has 0 bridgehead atoms. The van der Waals surface area contributed by atoms with Crippen LogP contribution < -0.4 is 17.1 Å². The zero-order chi connectivity index (χ0) is 17.4. The molecule has 2 aromatic rings. The van der Waals surface area contributed by atoms with Crippen LogP contribution in [0.1, 0.15) is 51.3 Å². The van der Waals surface area contributed by atoms with Gasteiger partial charge in [0, 0.05) is 24.1 Å². The number of aliphatic imine (C=N–C) groups is 1. The van der Waals surface area contributed by atoms with Crippen LogP contribution >= 0.6 is 0 Å². The maximum absolute atomic E-state index is 6.64. The van der Waals surface area contributed by atoms with Gasteiger partial charge in [0.25, 0.3) is 0 Å². The summed E-state index contributed by atoms with van der Waals surface area (Å²) in [4.78, 5) is 9.85. The Hall–Kier alpha value is -1.18. The zero-order valence-corrected chi connectivity index (χ0v) is 20.0. The quantitative estimate of drug-likeness (QED) is 0.513. The van der Waals surface area contributed by atoms with Crippen molar-refractivity contribution >= 4 is 5.71 Å². The number of ether oxygens (including phenoxy) is 1. The molecule has 154 valence electrons. The second kappa shape index (κ2) is 10.0. The van der Waals surface area contributed by atoms with Crippen molar-refractivity contribution in [1.29, 1.82) is 0 Å². The van der Waals surface area contributed by atoms with Crippen molar-refractivity contribution < 1.29 is 38.2 Å². The van der Waals surface area contributed by atoms with Gasteiger partial charge >= 0.3 is 21.1 Å². The van der Waals surface area contributed by atoms with Crippen molar-refractivity contribution in [2.24, 2.45) is 22.7 Å². The van der Waals surface area contributed by atoms with Crippen molar-refractivity contribution in [2.75, 3.05) is 0 Å². The summed E-state index contributed by atoms with van der Waals surface area (Å²) < 4.78 is 6.64. The molecule has 1 aromatic heterocycles. The molecular weight excluding hydrogens is 551 g/mol. The number of fused-ring (bicyclic) bond motifs is 1. The van der Waals surface area contributed by atoms with E-state index in [0.717, 1.165) is 29.1 Å². The van der Waals surface area contributed by atoms with Crippen molar-refractivity contribution in [1.82, 2.24) is 4.98 Å². The van der Waals surface area contributed by atoms with Gasteiger partial charge in [-0.2, -0.15) is 0 Å². The van der Waals surface area contributed by atoms with Crippen LogP contribution in [0.15, 0.2) is 53.7 Å². The van der Waals surface area contributed by atoms with Gasteiger partial charge in [0.05, 0.1) is 11.4 Å². The molecular formula is C23H29ClN2OPt. The fourth-order valence-corrected chi connectivity index (χ4v) is 4.45. The predicted octanol–water partition coefficient (Wildman–Crippen LogP) is 2.55. The van der Waals surface area contributed by atoms with Gasteiger partial charge in [0.2, 0.25) is 5.72 Å². The van der Waals surface area contributed by atoms with Gasteiger partial charge in [0.15, 0.2) is 0 Å². The van der Waals surface area contributed by atoms with Crippen LogP contribution in [0.5, 0.6) is 5.75 Å². The molecule has 1 aliphatic carbocycles. The molecule has 2 heterocycles. The number of hydrogen-bond acceptors (Lipinski definition) is 3. The van der Waals surface area contributed by atoms with E-state index in [4.69, 9.17) is 9.73 Å². The molecule has 4 rings (SSSR count). The average molecular weight is 580 g/mol. The predicted molar refractivity (Wildman–Crippen MR) is 107 cm³/mol. The van der Waals surface area contributed by atoms with Gasteiger partial charge in [-0.25, -0.2) is 4.99 Å². The van der Waals surface area contributed by atoms with E-state index in [9.17, 15) is 0 Å². The Labute approximate surface area is 190 Å². The molecule has 1 spiro atoms. The van der Waals surface area contributed by atoms with Gasteiger partial charge in [0.1, 0.15) is 5.75 Å². The number of para-hydroxylation sites is 1. The minimum atomic E-state index is -0.465. The topological polar surface area (TPSA) is 34.5 Å². The molecule has 0 unspecified atom stereocenters. The number of halogens is 1. The number of pyridine rings is 1. The summed E-state index contributed by atoms with van der Waals surface area (Å²) in [5, 5.41) is 0. The monoisotopic (exact) mass is 579 g/mol. The SMILES string of the molecule is CC(C)[C@H]1CC[C@H](C)C[C@@]12N=C(c1ccccn1)c1ccccc1O2.[CH3-].[Cl-].[Pt+2]. The summed E-state index contributed by atoms with van der Waals surface area (Å²) in [5.74, 6) is 2.52. The number of benzene rings is 1. The van der Waals surface area contributed by atoms with Crippen molar-refractivity contribution in [3.05, 3.63) is 67.3 Å². The third-order valence-electron chi connectivity index (χ3n) is 5.63. The first kappa shape index (κ1) is 24.9. The first-order chi connectivity index (χ1) is 12.1. The smallest absolute Gasteiger partial charge is 1.00 e. The third kappa shape index (κ3) is 4.52. The molecule has 3 atom stereocenters. The Morgan fingerprint density at radius 3 is 2.46 bits per heavy atom. The van der Waals surface area contributed by atoms with Gasteiger partial charge < -0.3 is 24.6 Å². The summed E-state index contributed by atoms with van der Waals surface area (Å²) in [6.45, 7) is 6.91. The van der Waals surface area contributed by atoms with Crippen LogP contribution in [0, 0.1) is 25.2 Å². The Balaban J connectivity index is 0.00000131. The van der Waals surface area contributed by atoms with E-state index >= 15 is 0 Å². The molecule has 5 heteroatoms. The number of aromatic nitrogens is 1. The first-order valence-electron chi connectivity index (χ1n) is 9.39. The summed E-state index contributed by atoms with van der Waals surface area (Å²) in [6.07, 6.45) is 5.23. The maximum Gasteiger partial charge on any atom is 2.00 e. The maximum atomic E-state index is 6.64. The fraction of sp³-hybridized carbons (Fsp3) is 0.435. The van der Waals surface area contributed by atoms with E-state index in [1.807, 2.05) is 36.5 Å². The normalized spacial score (nSPS) is 25.4. The Morgan fingerprint density at radius 1 is 1.07 bits per heavy atom. The Morgan fingerprint density at radius 2 is 1.79 bits per heavy atom. The summed E-state index contributed by atoms with van der Waals surface area (Å²) in [5.41, 5.74) is 2.49. The second-order valence-corrected chi connectivity index (χ2v) is 7.86. The Kier molecular flexibility index (Phi) is 8.90. The number of rotatable bonds is 2. The molecule has 1 aliphatic heterocycles. The molecule has 1 saturated carbocycles. The van der Waals surface area contributed by atoms with E-state index in [0.29, 0.717) is 17.8 Å². The van der Waals surface area contributed by atoms with Crippen molar-refractivity contribution in [2.45, 2.75) is 45.8 Å². The molecule has 2 aliphatic rings. The molecule has 0 amide bonds. The molecule has 1 fully saturated rings. The number of hydrogen-bond donors (Lipinski definition) is 0. The molecule has 0 N–H and O–H groups in total. The van der Waals surface area contributed by atoms with Crippen molar-refractivity contribution in [3.8, 4) is 5.75 Å². The molecule has 0 saturated heterocycles. The molecule has 0 radical (unpaired) electrons. The van der Waals surface area contributed by atoms with Gasteiger partial charge in [-0.1, -0.05) is 39.0 Å². The largest absolute Gasteiger partial charge is 2.00 e. The first-order valence-corrected chi connectivity index (χ1v) is 9.39. The van der Waals surface area contributed by atoms with Gasteiger partial charge in [-0.3, -0.25) is 4.98 Å². The van der Waals surface area contributed by atoms with Crippen LogP contribution in [0.3, 0.4) is 0 Å². The van der Waals surface area contributed by atoms with Crippen LogP contribution in [-0.4, -0.2) is 16.4 Å². The fourth-order valence-electron chi connectivity index (χ4n) is 4.45. The Bertz CT molecular complexity index is 796. The molecule has 1 aromatic carbocycles. The minimum absolute atomic E-state index is 0. The van der Waals surface area contributed by atoms with Crippen LogP contribution in [0.2, 0.25) is 0 Å². The number of nitrogens with zero attached hydrogens (tertiary/aromatic N) is 2. The van der Waals surface area contributed by atoms with Crippen LogP contribution in [-0.2, 0) is 21.1 Å². The van der Waals surface area contributed by atoms with Gasteiger partial charge in [-0.05, 0) is 48.9 Å². The summed E-state index contributed by atoms with van der Waals surface area (Å²) in [7, 11) is 0. The van der Waals surface area contributed by atoms with Crippen LogP contribution in [0.4, 0.5) is 0 Å². The zero-order valence-electron chi connectivity index (χ0n) is 17.0. The summed E-state index contributed by atoms with van der Waals surface area (Å²) >= 11 is 0.